The monoisotopic (exact) mass is 280 g/mol. The number of benzene rings is 1. The van der Waals surface area contributed by atoms with Gasteiger partial charge < -0.3 is 10.0 Å². The SMILES string of the molecule is Cc1nc(CN(C)c2cccc(F)c2[C@@H](C)O)cs1. The van der Waals surface area contributed by atoms with Crippen molar-refractivity contribution < 1.29 is 9.50 Å². The van der Waals surface area contributed by atoms with Gasteiger partial charge >= 0.3 is 0 Å². The number of rotatable bonds is 4. The van der Waals surface area contributed by atoms with E-state index in [1.807, 2.05) is 30.3 Å². The third kappa shape index (κ3) is 3.11. The molecule has 0 radical (unpaired) electrons. The maximum Gasteiger partial charge on any atom is 0.131 e. The summed E-state index contributed by atoms with van der Waals surface area (Å²) in [6, 6.07) is 4.83. The number of aryl methyl sites for hydroxylation is 1. The van der Waals surface area contributed by atoms with E-state index in [0.29, 0.717) is 17.8 Å². The second-order valence-electron chi connectivity index (χ2n) is 4.56. The number of aliphatic hydroxyl groups is 1. The van der Waals surface area contributed by atoms with Crippen LogP contribution in [-0.2, 0) is 6.54 Å². The van der Waals surface area contributed by atoms with Crippen molar-refractivity contribution >= 4 is 17.0 Å². The number of aromatic nitrogens is 1. The number of aliphatic hydroxyl groups excluding tert-OH is 1. The molecule has 2 rings (SSSR count). The van der Waals surface area contributed by atoms with Crippen LogP contribution in [0, 0.1) is 12.7 Å². The third-order valence-electron chi connectivity index (χ3n) is 2.92. The fraction of sp³-hybridized carbons (Fsp3) is 0.357. The second kappa shape index (κ2) is 5.67. The van der Waals surface area contributed by atoms with Crippen molar-refractivity contribution in [2.45, 2.75) is 26.5 Å². The highest BCUT2D eigenvalue weighted by molar-refractivity contribution is 7.09. The smallest absolute Gasteiger partial charge is 0.131 e. The van der Waals surface area contributed by atoms with E-state index >= 15 is 0 Å². The van der Waals surface area contributed by atoms with E-state index in [1.165, 1.54) is 6.07 Å². The van der Waals surface area contributed by atoms with Crippen LogP contribution in [-0.4, -0.2) is 17.1 Å². The normalized spacial score (nSPS) is 12.5. The minimum atomic E-state index is -0.837. The number of hydrogen-bond donors (Lipinski definition) is 1. The predicted molar refractivity (Wildman–Crippen MR) is 76.0 cm³/mol. The van der Waals surface area contributed by atoms with Gasteiger partial charge in [0.25, 0.3) is 0 Å². The van der Waals surface area contributed by atoms with Gasteiger partial charge in [0.1, 0.15) is 5.82 Å². The van der Waals surface area contributed by atoms with Crippen molar-refractivity contribution in [1.82, 2.24) is 4.98 Å². The molecule has 1 heterocycles. The van der Waals surface area contributed by atoms with Crippen LogP contribution < -0.4 is 4.90 Å². The number of nitrogens with zero attached hydrogens (tertiary/aromatic N) is 2. The van der Waals surface area contributed by atoms with Crippen LogP contribution in [0.25, 0.3) is 0 Å². The standard InChI is InChI=1S/C14H17FN2OS/c1-9(18)14-12(15)5-4-6-13(14)17(3)7-11-8-19-10(2)16-11/h4-6,8-9,18H,7H2,1-3H3/t9-/m1/s1. The average molecular weight is 280 g/mol. The van der Waals surface area contributed by atoms with Gasteiger partial charge in [-0.1, -0.05) is 6.07 Å². The number of thiazole rings is 1. The topological polar surface area (TPSA) is 36.4 Å². The van der Waals surface area contributed by atoms with Gasteiger partial charge in [-0.2, -0.15) is 0 Å². The lowest BCUT2D eigenvalue weighted by Gasteiger charge is -2.23. The summed E-state index contributed by atoms with van der Waals surface area (Å²) in [7, 11) is 1.87. The summed E-state index contributed by atoms with van der Waals surface area (Å²) in [6.45, 7) is 4.12. The van der Waals surface area contributed by atoms with E-state index in [9.17, 15) is 9.50 Å². The number of anilines is 1. The van der Waals surface area contributed by atoms with Gasteiger partial charge in [0.2, 0.25) is 0 Å². The molecule has 0 aliphatic carbocycles. The first-order chi connectivity index (χ1) is 8.99. The maximum absolute atomic E-state index is 13.8. The molecule has 0 amide bonds. The van der Waals surface area contributed by atoms with Crippen LogP contribution in [0.3, 0.4) is 0 Å². The second-order valence-corrected chi connectivity index (χ2v) is 5.62. The molecule has 0 bridgehead atoms. The fourth-order valence-electron chi connectivity index (χ4n) is 2.08. The molecule has 0 aliphatic heterocycles. The molecule has 0 fully saturated rings. The van der Waals surface area contributed by atoms with E-state index in [4.69, 9.17) is 0 Å². The molecule has 2 aromatic rings. The minimum absolute atomic E-state index is 0.331. The summed E-state index contributed by atoms with van der Waals surface area (Å²) in [5, 5.41) is 12.7. The molecule has 1 N–H and O–H groups in total. The van der Waals surface area contributed by atoms with E-state index < -0.39 is 6.10 Å². The molecule has 3 nitrogen and oxygen atoms in total. The Morgan fingerprint density at radius 3 is 2.79 bits per heavy atom. The lowest BCUT2D eigenvalue weighted by Crippen LogP contribution is -2.19. The lowest BCUT2D eigenvalue weighted by molar-refractivity contribution is 0.194. The Balaban J connectivity index is 2.28. The molecular formula is C14H17FN2OS. The van der Waals surface area contributed by atoms with Gasteiger partial charge in [0.15, 0.2) is 0 Å². The highest BCUT2D eigenvalue weighted by Crippen LogP contribution is 2.29. The van der Waals surface area contributed by atoms with Crippen molar-refractivity contribution in [3.8, 4) is 0 Å². The molecule has 0 aliphatic rings. The van der Waals surface area contributed by atoms with E-state index in [2.05, 4.69) is 4.98 Å². The van der Waals surface area contributed by atoms with E-state index in [1.54, 1.807) is 24.3 Å². The zero-order valence-electron chi connectivity index (χ0n) is 11.2. The van der Waals surface area contributed by atoms with E-state index in [0.717, 1.165) is 10.7 Å². The summed E-state index contributed by atoms with van der Waals surface area (Å²) < 4.78 is 13.8. The molecule has 1 aromatic heterocycles. The summed E-state index contributed by atoms with van der Waals surface area (Å²) in [5.74, 6) is -0.381. The Hall–Kier alpha value is -1.46. The van der Waals surface area contributed by atoms with Crippen LogP contribution >= 0.6 is 11.3 Å². The Labute approximate surface area is 116 Å². The molecule has 5 heteroatoms. The van der Waals surface area contributed by atoms with Gasteiger partial charge in [-0.25, -0.2) is 9.37 Å². The van der Waals surface area contributed by atoms with Gasteiger partial charge in [0, 0.05) is 23.7 Å². The van der Waals surface area contributed by atoms with Crippen molar-refractivity contribution in [3.05, 3.63) is 45.7 Å². The van der Waals surface area contributed by atoms with Crippen LogP contribution in [0.15, 0.2) is 23.6 Å². The third-order valence-corrected chi connectivity index (χ3v) is 3.75. The van der Waals surface area contributed by atoms with Crippen molar-refractivity contribution in [2.24, 2.45) is 0 Å². The quantitative estimate of drug-likeness (QED) is 0.933. The predicted octanol–water partition coefficient (Wildman–Crippen LogP) is 3.28. The molecule has 1 aromatic carbocycles. The van der Waals surface area contributed by atoms with Crippen LogP contribution in [0.5, 0.6) is 0 Å². The van der Waals surface area contributed by atoms with Crippen molar-refractivity contribution in [2.75, 3.05) is 11.9 Å². The molecule has 0 unspecified atom stereocenters. The largest absolute Gasteiger partial charge is 0.389 e. The summed E-state index contributed by atoms with van der Waals surface area (Å²) in [5.41, 5.74) is 1.98. The first-order valence-corrected chi connectivity index (χ1v) is 6.95. The lowest BCUT2D eigenvalue weighted by atomic mass is 10.1. The van der Waals surface area contributed by atoms with Crippen LogP contribution in [0.2, 0.25) is 0 Å². The fourth-order valence-corrected chi connectivity index (χ4v) is 2.68. The number of halogens is 1. The van der Waals surface area contributed by atoms with Crippen LogP contribution in [0.1, 0.15) is 29.3 Å². The van der Waals surface area contributed by atoms with Gasteiger partial charge in [-0.05, 0) is 26.0 Å². The highest BCUT2D eigenvalue weighted by Gasteiger charge is 2.16. The van der Waals surface area contributed by atoms with Gasteiger partial charge in [-0.3, -0.25) is 0 Å². The van der Waals surface area contributed by atoms with Crippen molar-refractivity contribution in [1.29, 1.82) is 0 Å². The molecule has 19 heavy (non-hydrogen) atoms. The first-order valence-electron chi connectivity index (χ1n) is 6.07. The zero-order chi connectivity index (χ0) is 14.0. The first kappa shape index (κ1) is 14.0. The van der Waals surface area contributed by atoms with Gasteiger partial charge in [0.05, 0.1) is 23.4 Å². The van der Waals surface area contributed by atoms with Crippen molar-refractivity contribution in [3.63, 3.8) is 0 Å². The zero-order valence-corrected chi connectivity index (χ0v) is 12.0. The van der Waals surface area contributed by atoms with Gasteiger partial charge in [-0.15, -0.1) is 11.3 Å². The Kier molecular flexibility index (Phi) is 4.17. The molecule has 0 spiro atoms. The Morgan fingerprint density at radius 2 is 2.21 bits per heavy atom. The van der Waals surface area contributed by atoms with Crippen LogP contribution in [0.4, 0.5) is 10.1 Å². The van der Waals surface area contributed by atoms with E-state index in [-0.39, 0.29) is 5.82 Å². The molecular weight excluding hydrogens is 263 g/mol. The molecule has 102 valence electrons. The molecule has 1 atom stereocenters. The highest BCUT2D eigenvalue weighted by atomic mass is 32.1. The Morgan fingerprint density at radius 1 is 1.47 bits per heavy atom. The Bertz CT molecular complexity index is 568. The summed E-state index contributed by atoms with van der Waals surface area (Å²) in [6.07, 6.45) is -0.837. The molecule has 0 saturated heterocycles. The average Bonchev–Trinajstić information content (AvgIpc) is 2.73. The summed E-state index contributed by atoms with van der Waals surface area (Å²) in [4.78, 5) is 6.30. The summed E-state index contributed by atoms with van der Waals surface area (Å²) >= 11 is 1.59. The maximum atomic E-state index is 13.8. The number of hydrogen-bond acceptors (Lipinski definition) is 4. The molecule has 0 saturated carbocycles. The minimum Gasteiger partial charge on any atom is -0.389 e.